The number of amides is 3. The van der Waals surface area contributed by atoms with Crippen molar-refractivity contribution in [3.8, 4) is 16.9 Å². The van der Waals surface area contributed by atoms with E-state index < -0.39 is 57.3 Å². The third-order valence-corrected chi connectivity index (χ3v) is 9.25. The fourth-order valence-electron chi connectivity index (χ4n) is 5.21. The quantitative estimate of drug-likeness (QED) is 0.0905. The molecule has 2 heterocycles. The second-order valence-electron chi connectivity index (χ2n) is 12.0. The predicted octanol–water partition coefficient (Wildman–Crippen LogP) is 5.08. The molecule has 268 valence electrons. The summed E-state index contributed by atoms with van der Waals surface area (Å²) in [5.41, 5.74) is 0.757. The zero-order valence-corrected chi connectivity index (χ0v) is 28.5. The molecule has 0 fully saturated rings. The van der Waals surface area contributed by atoms with Crippen LogP contribution in [0.5, 0.6) is 0 Å². The Bertz CT molecular complexity index is 2060. The van der Waals surface area contributed by atoms with E-state index in [4.69, 9.17) is 4.84 Å². The minimum absolute atomic E-state index is 0.00785. The number of sulfonamides is 1. The van der Waals surface area contributed by atoms with Crippen LogP contribution in [-0.2, 0) is 25.8 Å². The van der Waals surface area contributed by atoms with E-state index >= 15 is 0 Å². The molecular formula is C33H32F3N7O7S. The van der Waals surface area contributed by atoms with Crippen LogP contribution in [0.1, 0.15) is 52.2 Å². The normalized spacial score (nSPS) is 14.1. The summed E-state index contributed by atoms with van der Waals surface area (Å²) in [5, 5.41) is 20.6. The molecule has 14 nitrogen and oxygen atoms in total. The molecule has 3 amide bonds. The van der Waals surface area contributed by atoms with Gasteiger partial charge in [-0.05, 0) is 61.7 Å². The van der Waals surface area contributed by atoms with Gasteiger partial charge in [0, 0.05) is 5.56 Å². The van der Waals surface area contributed by atoms with Crippen molar-refractivity contribution in [2.75, 3.05) is 13.8 Å². The molecule has 5 rings (SSSR count). The molecule has 0 saturated carbocycles. The van der Waals surface area contributed by atoms with Crippen LogP contribution in [-0.4, -0.2) is 70.6 Å². The van der Waals surface area contributed by atoms with Gasteiger partial charge in [0.1, 0.15) is 0 Å². The molecule has 0 radical (unpaired) electrons. The zero-order valence-electron chi connectivity index (χ0n) is 27.7. The summed E-state index contributed by atoms with van der Waals surface area (Å²) < 4.78 is 70.3. The number of hydrogen-bond acceptors (Lipinski definition) is 9. The highest BCUT2D eigenvalue weighted by atomic mass is 32.2. The van der Waals surface area contributed by atoms with Crippen LogP contribution >= 0.6 is 0 Å². The number of benzene rings is 3. The minimum Gasteiger partial charge on any atom is -0.569 e. The second kappa shape index (κ2) is 14.2. The average Bonchev–Trinajstić information content (AvgIpc) is 3.64. The second-order valence-corrected chi connectivity index (χ2v) is 13.7. The Balaban J connectivity index is 1.31. The monoisotopic (exact) mass is 727 g/mol. The van der Waals surface area contributed by atoms with E-state index in [1.165, 1.54) is 31.3 Å². The molecule has 0 saturated heterocycles. The third kappa shape index (κ3) is 7.85. The van der Waals surface area contributed by atoms with Crippen molar-refractivity contribution in [1.82, 2.24) is 24.4 Å². The average molecular weight is 728 g/mol. The first-order valence-corrected chi connectivity index (χ1v) is 16.9. The first-order valence-electron chi connectivity index (χ1n) is 15.4. The fourth-order valence-corrected chi connectivity index (χ4v) is 6.23. The number of rotatable bonds is 12. The molecule has 0 bridgehead atoms. The summed E-state index contributed by atoms with van der Waals surface area (Å²) >= 11 is 0. The number of hydrogen-bond donors (Lipinski definition) is 1. The van der Waals surface area contributed by atoms with Crippen LogP contribution < -0.4 is 4.72 Å². The molecule has 1 aromatic heterocycles. The number of likely N-dealkylation sites (N-methyl/N-ethyl adjacent to an activating group) is 1. The minimum atomic E-state index is -4.74. The van der Waals surface area contributed by atoms with Crippen molar-refractivity contribution in [2.45, 2.75) is 44.3 Å². The lowest BCUT2D eigenvalue weighted by atomic mass is 10.0. The summed E-state index contributed by atoms with van der Waals surface area (Å²) in [7, 11) is -3.38. The number of halogens is 3. The maximum absolute atomic E-state index is 13.6. The van der Waals surface area contributed by atoms with Crippen molar-refractivity contribution < 1.29 is 45.8 Å². The molecule has 3 aromatic carbocycles. The van der Waals surface area contributed by atoms with Crippen molar-refractivity contribution in [3.63, 3.8) is 0 Å². The van der Waals surface area contributed by atoms with Crippen LogP contribution in [0.25, 0.3) is 16.9 Å². The van der Waals surface area contributed by atoms with E-state index in [0.29, 0.717) is 5.56 Å². The van der Waals surface area contributed by atoms with E-state index in [1.54, 1.807) is 50.2 Å². The molecule has 18 heteroatoms. The number of aromatic nitrogens is 2. The number of aryl methyl sites for hydroxylation is 1. The Hall–Kier alpha value is -5.78. The van der Waals surface area contributed by atoms with Gasteiger partial charge < -0.3 is 10.0 Å². The lowest BCUT2D eigenvalue weighted by Crippen LogP contribution is -2.49. The van der Waals surface area contributed by atoms with E-state index in [1.807, 2.05) is 11.6 Å². The number of nitrogens with zero attached hydrogens (tertiary/aromatic N) is 6. The number of carbonyl (C=O) groups is 3. The van der Waals surface area contributed by atoms with Gasteiger partial charge in [0.05, 0.1) is 39.4 Å². The van der Waals surface area contributed by atoms with Gasteiger partial charge in [0.2, 0.25) is 12.0 Å². The summed E-state index contributed by atoms with van der Waals surface area (Å²) in [6, 6.07) is 17.0. The van der Waals surface area contributed by atoms with E-state index in [2.05, 4.69) is 10.4 Å². The van der Waals surface area contributed by atoms with Crippen LogP contribution in [0.4, 0.5) is 13.2 Å². The highest BCUT2D eigenvalue weighted by Crippen LogP contribution is 2.33. The molecular weight excluding hydrogens is 695 g/mol. The van der Waals surface area contributed by atoms with E-state index in [0.717, 1.165) is 38.4 Å². The molecule has 4 aromatic rings. The maximum Gasteiger partial charge on any atom is 0.435 e. The first-order chi connectivity index (χ1) is 24.0. The highest BCUT2D eigenvalue weighted by Gasteiger charge is 2.37. The van der Waals surface area contributed by atoms with Crippen LogP contribution in [0.3, 0.4) is 0 Å². The number of fused-ring (bicyclic) bond motifs is 1. The molecule has 0 spiro atoms. The van der Waals surface area contributed by atoms with Crippen LogP contribution in [0, 0.1) is 18.0 Å². The van der Waals surface area contributed by atoms with Crippen molar-refractivity contribution in [1.29, 1.82) is 0 Å². The van der Waals surface area contributed by atoms with Gasteiger partial charge in [0.25, 0.3) is 27.7 Å². The van der Waals surface area contributed by atoms with Crippen LogP contribution in [0.2, 0.25) is 0 Å². The summed E-state index contributed by atoms with van der Waals surface area (Å²) in [4.78, 5) is 43.6. The summed E-state index contributed by atoms with van der Waals surface area (Å²) in [6.07, 6.45) is -4.75. The third-order valence-electron chi connectivity index (χ3n) is 7.88. The lowest BCUT2D eigenvalue weighted by molar-refractivity contribution is -0.710. The van der Waals surface area contributed by atoms with Gasteiger partial charge in [-0.15, -0.1) is 5.01 Å². The van der Waals surface area contributed by atoms with Crippen LogP contribution in [0.15, 0.2) is 89.0 Å². The zero-order chi connectivity index (χ0) is 37.2. The number of imide groups is 1. The molecule has 0 unspecified atom stereocenters. The smallest absolute Gasteiger partial charge is 0.435 e. The molecule has 0 aliphatic carbocycles. The largest absolute Gasteiger partial charge is 0.569 e. The van der Waals surface area contributed by atoms with Crippen molar-refractivity contribution in [2.24, 2.45) is 11.2 Å². The molecule has 1 N–H and O–H groups in total. The number of alkyl halides is 3. The first kappa shape index (κ1) is 36.5. The molecule has 1 atom stereocenters. The number of carbonyl (C=O) groups excluding carboxylic acids is 3. The van der Waals surface area contributed by atoms with Gasteiger partial charge >= 0.3 is 6.18 Å². The molecule has 51 heavy (non-hydrogen) atoms. The Morgan fingerprint density at radius 2 is 1.61 bits per heavy atom. The van der Waals surface area contributed by atoms with Gasteiger partial charge in [-0.3, -0.25) is 14.4 Å². The number of nitrogens with one attached hydrogen (secondary N) is 1. The Morgan fingerprint density at radius 1 is 1.02 bits per heavy atom. The Labute approximate surface area is 290 Å². The molecule has 1 aliphatic rings. The van der Waals surface area contributed by atoms with Crippen molar-refractivity contribution >= 4 is 27.7 Å². The Morgan fingerprint density at radius 3 is 2.16 bits per heavy atom. The Kier molecular flexibility index (Phi) is 10.2. The SMILES string of the molecule is Cc1ccc(-c2cc(C(F)(F)F)nn2-c2ccc(S(=O)(=O)NC(=O)[C@H](CC(C)C)N(C)[N+]([O-])=NOCN3C(=O)c4ccccc4C3=O)cc2)cc1. The van der Waals surface area contributed by atoms with E-state index in [9.17, 15) is 41.2 Å². The fraction of sp³-hybridized carbons (Fsp3) is 0.273. The highest BCUT2D eigenvalue weighted by molar-refractivity contribution is 7.90. The van der Waals surface area contributed by atoms with Gasteiger partial charge in [-0.25, -0.2) is 22.7 Å². The van der Waals surface area contributed by atoms with E-state index in [-0.39, 0.29) is 39.8 Å². The van der Waals surface area contributed by atoms with Gasteiger partial charge in [-0.2, -0.15) is 18.3 Å². The summed E-state index contributed by atoms with van der Waals surface area (Å²) in [5.74, 6) is -2.59. The lowest BCUT2D eigenvalue weighted by Gasteiger charge is -2.24. The predicted molar refractivity (Wildman–Crippen MR) is 174 cm³/mol. The topological polar surface area (TPSA) is 169 Å². The maximum atomic E-state index is 13.6. The summed E-state index contributed by atoms with van der Waals surface area (Å²) in [6.45, 7) is 4.59. The van der Waals surface area contributed by atoms with Gasteiger partial charge in [0.15, 0.2) is 11.7 Å². The van der Waals surface area contributed by atoms with Gasteiger partial charge in [-0.1, -0.05) is 55.8 Å². The standard InChI is InChI=1S/C33H32F3N7O7S/c1-20(2)17-28(40(4)43(47)39-50-19-41-31(45)25-7-5-6-8-26(25)32(41)46)30(44)38-51(48,49)24-15-13-23(14-16-24)42-27(18-29(37-42)33(34,35)36)22-11-9-21(3)10-12-22/h5-16,18,20,28H,17,19H2,1-4H3,(H,38,44)/t28-/m0/s1. The number of hydrazine groups is 1. The molecule has 1 aliphatic heterocycles. The van der Waals surface area contributed by atoms with Crippen molar-refractivity contribution in [3.05, 3.63) is 106 Å².